The van der Waals surface area contributed by atoms with Crippen LogP contribution in [0.4, 0.5) is 0 Å². The fraction of sp³-hybridized carbons (Fsp3) is 0.444. The third-order valence-electron chi connectivity index (χ3n) is 4.48. The Kier molecular flexibility index (Phi) is 7.21. The van der Waals surface area contributed by atoms with Crippen molar-refractivity contribution >= 4 is 29.7 Å². The minimum Gasteiger partial charge on any atom is -0.348 e. The van der Waals surface area contributed by atoms with Gasteiger partial charge in [-0.15, -0.1) is 23.7 Å². The van der Waals surface area contributed by atoms with Gasteiger partial charge in [0.2, 0.25) is 0 Å². The molecule has 1 fully saturated rings. The molecule has 1 heterocycles. The Morgan fingerprint density at radius 3 is 2.58 bits per heavy atom. The number of nitrogens with two attached hydrogens (primary N) is 1. The zero-order valence-corrected chi connectivity index (χ0v) is 15.2. The topological polar surface area (TPSA) is 68.0 Å². The van der Waals surface area contributed by atoms with Crippen molar-refractivity contribution in [1.29, 1.82) is 0 Å². The average Bonchev–Trinajstić information content (AvgIpc) is 3.06. The average molecular weight is 366 g/mol. The van der Waals surface area contributed by atoms with Crippen molar-refractivity contribution in [3.63, 3.8) is 0 Å². The van der Waals surface area contributed by atoms with Crippen LogP contribution < -0.4 is 11.1 Å². The van der Waals surface area contributed by atoms with Gasteiger partial charge in [-0.3, -0.25) is 4.79 Å². The molecule has 1 aromatic carbocycles. The standard InChI is InChI=1S/C18H23N3OS.ClH/c19-11-10-17-21-16(12-23-17)18(22)20-15-8-6-14(7-9-15)13-4-2-1-3-5-13;/h1-5,12,14-15H,6-11,19H2,(H,20,22);1H. The van der Waals surface area contributed by atoms with Crippen molar-refractivity contribution in [1.82, 2.24) is 10.3 Å². The van der Waals surface area contributed by atoms with E-state index < -0.39 is 0 Å². The lowest BCUT2D eigenvalue weighted by atomic mass is 9.82. The lowest BCUT2D eigenvalue weighted by molar-refractivity contribution is 0.0921. The van der Waals surface area contributed by atoms with E-state index in [9.17, 15) is 4.79 Å². The Labute approximate surface area is 153 Å². The van der Waals surface area contributed by atoms with Crippen LogP contribution in [0.2, 0.25) is 0 Å². The number of hydrogen-bond acceptors (Lipinski definition) is 4. The SMILES string of the molecule is Cl.NCCc1nc(C(=O)NC2CCC(c3ccccc3)CC2)cs1. The van der Waals surface area contributed by atoms with Crippen LogP contribution in [0.5, 0.6) is 0 Å². The van der Waals surface area contributed by atoms with Gasteiger partial charge in [0, 0.05) is 17.8 Å². The summed E-state index contributed by atoms with van der Waals surface area (Å²) in [5.74, 6) is 0.576. The number of carbonyl (C=O) groups is 1. The smallest absolute Gasteiger partial charge is 0.270 e. The van der Waals surface area contributed by atoms with Gasteiger partial charge in [-0.25, -0.2) is 4.98 Å². The monoisotopic (exact) mass is 365 g/mol. The minimum atomic E-state index is -0.0484. The molecule has 1 aromatic heterocycles. The van der Waals surface area contributed by atoms with Crippen LogP contribution in [0, 0.1) is 0 Å². The molecule has 0 atom stereocenters. The summed E-state index contributed by atoms with van der Waals surface area (Å²) in [6.07, 6.45) is 5.06. The van der Waals surface area contributed by atoms with Crippen molar-refractivity contribution in [2.24, 2.45) is 5.73 Å². The van der Waals surface area contributed by atoms with Crippen LogP contribution >= 0.6 is 23.7 Å². The summed E-state index contributed by atoms with van der Waals surface area (Å²) in [5, 5.41) is 5.90. The third-order valence-corrected chi connectivity index (χ3v) is 5.38. The molecule has 1 saturated carbocycles. The molecule has 0 saturated heterocycles. The predicted octanol–water partition coefficient (Wildman–Crippen LogP) is 3.52. The van der Waals surface area contributed by atoms with Gasteiger partial charge in [0.25, 0.3) is 5.91 Å². The molecule has 3 N–H and O–H groups in total. The largest absolute Gasteiger partial charge is 0.348 e. The second-order valence-corrected chi connectivity index (χ2v) is 7.04. The maximum atomic E-state index is 12.3. The quantitative estimate of drug-likeness (QED) is 0.851. The molecular formula is C18H24ClN3OS. The van der Waals surface area contributed by atoms with Crippen LogP contribution in [0.15, 0.2) is 35.7 Å². The summed E-state index contributed by atoms with van der Waals surface area (Å²) in [4.78, 5) is 16.6. The van der Waals surface area contributed by atoms with Crippen LogP contribution in [0.1, 0.15) is 52.7 Å². The summed E-state index contributed by atoms with van der Waals surface area (Å²) < 4.78 is 0. The van der Waals surface area contributed by atoms with E-state index in [1.54, 1.807) is 0 Å². The molecule has 0 aliphatic heterocycles. The molecule has 1 amide bonds. The molecule has 2 aromatic rings. The lowest BCUT2D eigenvalue weighted by Gasteiger charge is -2.29. The van der Waals surface area contributed by atoms with E-state index in [0.29, 0.717) is 18.2 Å². The minimum absolute atomic E-state index is 0. The van der Waals surface area contributed by atoms with Crippen LogP contribution in [0.25, 0.3) is 0 Å². The zero-order valence-electron chi connectivity index (χ0n) is 13.6. The summed E-state index contributed by atoms with van der Waals surface area (Å²) in [6, 6.07) is 10.9. The molecule has 0 spiro atoms. The number of rotatable bonds is 5. The van der Waals surface area contributed by atoms with Gasteiger partial charge < -0.3 is 11.1 Å². The van der Waals surface area contributed by atoms with Crippen molar-refractivity contribution < 1.29 is 4.79 Å². The molecule has 0 radical (unpaired) electrons. The maximum absolute atomic E-state index is 12.3. The molecular weight excluding hydrogens is 342 g/mol. The number of nitrogens with one attached hydrogen (secondary N) is 1. The highest BCUT2D eigenvalue weighted by atomic mass is 35.5. The summed E-state index contributed by atoms with van der Waals surface area (Å²) in [7, 11) is 0. The summed E-state index contributed by atoms with van der Waals surface area (Å²) in [5.41, 5.74) is 7.47. The fourth-order valence-corrected chi connectivity index (χ4v) is 4.00. The molecule has 6 heteroatoms. The number of amides is 1. The highest BCUT2D eigenvalue weighted by molar-refractivity contribution is 7.09. The van der Waals surface area contributed by atoms with E-state index in [4.69, 9.17) is 5.73 Å². The van der Waals surface area contributed by atoms with Gasteiger partial charge in [0.15, 0.2) is 0 Å². The molecule has 3 rings (SSSR count). The molecule has 24 heavy (non-hydrogen) atoms. The first-order valence-corrected chi connectivity index (χ1v) is 9.14. The Balaban J connectivity index is 0.00000208. The fourth-order valence-electron chi connectivity index (χ4n) is 3.21. The predicted molar refractivity (Wildman–Crippen MR) is 101 cm³/mol. The molecule has 0 unspecified atom stereocenters. The molecule has 1 aliphatic carbocycles. The van der Waals surface area contributed by atoms with Gasteiger partial charge in [0.1, 0.15) is 5.69 Å². The van der Waals surface area contributed by atoms with E-state index in [-0.39, 0.29) is 24.4 Å². The lowest BCUT2D eigenvalue weighted by Crippen LogP contribution is -2.37. The zero-order chi connectivity index (χ0) is 16.1. The Morgan fingerprint density at radius 2 is 1.92 bits per heavy atom. The van der Waals surface area contributed by atoms with Crippen molar-refractivity contribution in [2.45, 2.75) is 44.1 Å². The van der Waals surface area contributed by atoms with E-state index >= 15 is 0 Å². The maximum Gasteiger partial charge on any atom is 0.270 e. The number of nitrogens with zero attached hydrogens (tertiary/aromatic N) is 1. The second-order valence-electron chi connectivity index (χ2n) is 6.10. The molecule has 1 aliphatic rings. The second kappa shape index (κ2) is 9.16. The molecule has 130 valence electrons. The van der Waals surface area contributed by atoms with E-state index in [1.807, 2.05) is 5.38 Å². The number of thiazole rings is 1. The number of hydrogen-bond donors (Lipinski definition) is 2. The number of aromatic nitrogens is 1. The first-order chi connectivity index (χ1) is 11.3. The first kappa shape index (κ1) is 18.9. The number of carbonyl (C=O) groups excluding carboxylic acids is 1. The van der Waals surface area contributed by atoms with Gasteiger partial charge in [0.05, 0.1) is 5.01 Å². The molecule has 0 bridgehead atoms. The van der Waals surface area contributed by atoms with E-state index in [0.717, 1.165) is 37.1 Å². The van der Waals surface area contributed by atoms with Crippen LogP contribution in [-0.2, 0) is 6.42 Å². The van der Waals surface area contributed by atoms with Gasteiger partial charge >= 0.3 is 0 Å². The van der Waals surface area contributed by atoms with E-state index in [2.05, 4.69) is 40.6 Å². The van der Waals surface area contributed by atoms with Crippen LogP contribution in [0.3, 0.4) is 0 Å². The normalized spacial score (nSPS) is 20.2. The van der Waals surface area contributed by atoms with Crippen molar-refractivity contribution in [3.05, 3.63) is 52.0 Å². The van der Waals surface area contributed by atoms with E-state index in [1.165, 1.54) is 16.9 Å². The Bertz CT molecular complexity index is 639. The van der Waals surface area contributed by atoms with Gasteiger partial charge in [-0.2, -0.15) is 0 Å². The van der Waals surface area contributed by atoms with Crippen molar-refractivity contribution in [2.75, 3.05) is 6.54 Å². The highest BCUT2D eigenvalue weighted by Crippen LogP contribution is 2.32. The third kappa shape index (κ3) is 4.79. The summed E-state index contributed by atoms with van der Waals surface area (Å²) >= 11 is 1.51. The summed E-state index contributed by atoms with van der Waals surface area (Å²) in [6.45, 7) is 0.568. The highest BCUT2D eigenvalue weighted by Gasteiger charge is 2.24. The van der Waals surface area contributed by atoms with Gasteiger partial charge in [-0.1, -0.05) is 30.3 Å². The Morgan fingerprint density at radius 1 is 1.21 bits per heavy atom. The number of halogens is 1. The first-order valence-electron chi connectivity index (χ1n) is 8.26. The Hall–Kier alpha value is -1.43. The van der Waals surface area contributed by atoms with Crippen molar-refractivity contribution in [3.8, 4) is 0 Å². The number of benzene rings is 1. The molecule has 4 nitrogen and oxygen atoms in total. The van der Waals surface area contributed by atoms with Gasteiger partial charge in [-0.05, 0) is 43.7 Å². The van der Waals surface area contributed by atoms with Crippen LogP contribution in [-0.4, -0.2) is 23.5 Å².